The van der Waals surface area contributed by atoms with Gasteiger partial charge in [-0.1, -0.05) is 6.07 Å². The molecule has 1 aromatic carbocycles. The van der Waals surface area contributed by atoms with Gasteiger partial charge in [-0.25, -0.2) is 4.39 Å². The Kier molecular flexibility index (Phi) is 6.04. The molecule has 27 heavy (non-hydrogen) atoms. The number of ether oxygens (including phenoxy) is 1. The largest absolute Gasteiger partial charge is 0.367 e. The van der Waals surface area contributed by atoms with Crippen molar-refractivity contribution >= 4 is 11.8 Å². The van der Waals surface area contributed by atoms with E-state index in [0.717, 1.165) is 18.5 Å². The van der Waals surface area contributed by atoms with Gasteiger partial charge in [-0.05, 0) is 36.6 Å². The van der Waals surface area contributed by atoms with Crippen LogP contribution in [-0.2, 0) is 22.4 Å². The molecule has 1 saturated heterocycles. The number of amides is 2. The number of halogens is 1. The zero-order valence-corrected chi connectivity index (χ0v) is 15.3. The standard InChI is InChI=1S/C19H23FN4O3/c1-24-5-3-12-7-13(16(20)9-15(12)19(24)26)8-14(10-21)23-18(25)17-11-22-4-2-6-27-17/h7,9,14,17,22H,2-6,8,11H2,1H3,(H,23,25). The lowest BCUT2D eigenvalue weighted by molar-refractivity contribution is -0.132. The van der Waals surface area contributed by atoms with Crippen LogP contribution in [0.2, 0.25) is 0 Å². The average Bonchev–Trinajstić information content (AvgIpc) is 2.95. The molecule has 0 aliphatic carbocycles. The number of hydrogen-bond acceptors (Lipinski definition) is 5. The van der Waals surface area contributed by atoms with Gasteiger partial charge in [0.25, 0.3) is 11.8 Å². The number of rotatable bonds is 4. The fourth-order valence-electron chi connectivity index (χ4n) is 3.32. The molecule has 2 aliphatic rings. The Balaban J connectivity index is 1.70. The van der Waals surface area contributed by atoms with Gasteiger partial charge in [0.1, 0.15) is 18.0 Å². The van der Waals surface area contributed by atoms with E-state index in [9.17, 15) is 19.2 Å². The van der Waals surface area contributed by atoms with Gasteiger partial charge in [0.05, 0.1) is 6.07 Å². The number of likely N-dealkylation sites (N-methyl/N-ethyl adjacent to an activating group) is 1. The van der Waals surface area contributed by atoms with Crippen molar-refractivity contribution in [2.75, 3.05) is 33.3 Å². The minimum atomic E-state index is -0.876. The number of nitriles is 1. The van der Waals surface area contributed by atoms with Gasteiger partial charge in [0, 0.05) is 38.7 Å². The van der Waals surface area contributed by atoms with Gasteiger partial charge in [0.2, 0.25) is 0 Å². The first kappa shape index (κ1) is 19.3. The summed E-state index contributed by atoms with van der Waals surface area (Å²) < 4.78 is 20.0. The normalized spacial score (nSPS) is 21.0. The average molecular weight is 374 g/mol. The molecule has 0 spiro atoms. The number of nitrogens with one attached hydrogen (secondary N) is 2. The second kappa shape index (κ2) is 8.46. The maximum atomic E-state index is 14.5. The Labute approximate surface area is 157 Å². The SMILES string of the molecule is CN1CCc2cc(CC(C#N)NC(=O)C3CNCCCO3)c(F)cc2C1=O. The molecule has 2 N–H and O–H groups in total. The molecule has 1 aromatic rings. The molecule has 2 amide bonds. The predicted octanol–water partition coefficient (Wildman–Crippen LogP) is 0.383. The van der Waals surface area contributed by atoms with Gasteiger partial charge in [-0.15, -0.1) is 0 Å². The second-order valence-electron chi connectivity index (χ2n) is 6.89. The van der Waals surface area contributed by atoms with E-state index in [1.165, 1.54) is 6.07 Å². The fourth-order valence-corrected chi connectivity index (χ4v) is 3.32. The third kappa shape index (κ3) is 4.43. The Morgan fingerprint density at radius 3 is 3.15 bits per heavy atom. The summed E-state index contributed by atoms with van der Waals surface area (Å²) in [7, 11) is 1.68. The molecule has 0 bridgehead atoms. The molecule has 0 aromatic heterocycles. The lowest BCUT2D eigenvalue weighted by atomic mass is 9.94. The molecule has 144 valence electrons. The fraction of sp³-hybridized carbons (Fsp3) is 0.526. The topological polar surface area (TPSA) is 94.5 Å². The van der Waals surface area contributed by atoms with Gasteiger partial charge in [-0.2, -0.15) is 5.26 Å². The van der Waals surface area contributed by atoms with Crippen LogP contribution >= 0.6 is 0 Å². The highest BCUT2D eigenvalue weighted by molar-refractivity contribution is 5.96. The van der Waals surface area contributed by atoms with Crippen molar-refractivity contribution in [3.05, 3.63) is 34.6 Å². The van der Waals surface area contributed by atoms with Crippen molar-refractivity contribution in [1.29, 1.82) is 5.26 Å². The Hall–Kier alpha value is -2.50. The highest BCUT2D eigenvalue weighted by Crippen LogP contribution is 2.23. The van der Waals surface area contributed by atoms with Crippen LogP contribution in [0, 0.1) is 17.1 Å². The number of hydrogen-bond donors (Lipinski definition) is 2. The highest BCUT2D eigenvalue weighted by Gasteiger charge is 2.26. The summed E-state index contributed by atoms with van der Waals surface area (Å²) in [5.74, 6) is -1.13. The van der Waals surface area contributed by atoms with Gasteiger partial charge >= 0.3 is 0 Å². The minimum absolute atomic E-state index is 0.0333. The quantitative estimate of drug-likeness (QED) is 0.795. The molecule has 3 rings (SSSR count). The molecule has 1 fully saturated rings. The molecule has 0 saturated carbocycles. The number of nitrogens with zero attached hydrogens (tertiary/aromatic N) is 2. The first-order chi connectivity index (χ1) is 13.0. The van der Waals surface area contributed by atoms with Crippen molar-refractivity contribution in [3.8, 4) is 6.07 Å². The highest BCUT2D eigenvalue weighted by atomic mass is 19.1. The summed E-state index contributed by atoms with van der Waals surface area (Å²) in [5.41, 5.74) is 1.45. The third-order valence-electron chi connectivity index (χ3n) is 4.90. The van der Waals surface area contributed by atoms with E-state index in [1.807, 2.05) is 6.07 Å². The molecular weight excluding hydrogens is 351 g/mol. The first-order valence-electron chi connectivity index (χ1n) is 9.08. The zero-order valence-electron chi connectivity index (χ0n) is 15.3. The number of carbonyl (C=O) groups is 2. The third-order valence-corrected chi connectivity index (χ3v) is 4.90. The number of fused-ring (bicyclic) bond motifs is 1. The van der Waals surface area contributed by atoms with E-state index in [1.54, 1.807) is 18.0 Å². The lowest BCUT2D eigenvalue weighted by Crippen LogP contribution is -2.46. The van der Waals surface area contributed by atoms with Gasteiger partial charge in [-0.3, -0.25) is 9.59 Å². The van der Waals surface area contributed by atoms with E-state index < -0.39 is 18.0 Å². The molecule has 7 nitrogen and oxygen atoms in total. The molecular formula is C19H23FN4O3. The Bertz CT molecular complexity index is 769. The Morgan fingerprint density at radius 2 is 2.37 bits per heavy atom. The molecule has 8 heteroatoms. The molecule has 0 radical (unpaired) electrons. The van der Waals surface area contributed by atoms with E-state index in [0.29, 0.717) is 37.2 Å². The smallest absolute Gasteiger partial charge is 0.253 e. The summed E-state index contributed by atoms with van der Waals surface area (Å²) in [6.07, 6.45) is 0.825. The van der Waals surface area contributed by atoms with E-state index >= 15 is 0 Å². The predicted molar refractivity (Wildman–Crippen MR) is 95.5 cm³/mol. The molecule has 2 atom stereocenters. The van der Waals surface area contributed by atoms with Crippen molar-refractivity contribution in [2.45, 2.75) is 31.4 Å². The van der Waals surface area contributed by atoms with Crippen LogP contribution in [0.3, 0.4) is 0 Å². The van der Waals surface area contributed by atoms with Crippen molar-refractivity contribution in [2.24, 2.45) is 0 Å². The van der Waals surface area contributed by atoms with Crippen LogP contribution in [-0.4, -0.2) is 62.1 Å². The van der Waals surface area contributed by atoms with E-state index in [-0.39, 0.29) is 18.2 Å². The molecule has 2 heterocycles. The maximum Gasteiger partial charge on any atom is 0.253 e. The van der Waals surface area contributed by atoms with Crippen molar-refractivity contribution in [3.63, 3.8) is 0 Å². The van der Waals surface area contributed by atoms with E-state index in [2.05, 4.69) is 10.6 Å². The van der Waals surface area contributed by atoms with Crippen LogP contribution in [0.5, 0.6) is 0 Å². The minimum Gasteiger partial charge on any atom is -0.367 e. The van der Waals surface area contributed by atoms with Gasteiger partial charge in [0.15, 0.2) is 0 Å². The molecule has 2 unspecified atom stereocenters. The summed E-state index contributed by atoms with van der Waals surface area (Å²) in [6, 6.07) is 4.00. The van der Waals surface area contributed by atoms with E-state index in [4.69, 9.17) is 4.74 Å². The Morgan fingerprint density at radius 1 is 1.56 bits per heavy atom. The lowest BCUT2D eigenvalue weighted by Gasteiger charge is -2.25. The zero-order chi connectivity index (χ0) is 19.4. The van der Waals surface area contributed by atoms with Crippen LogP contribution in [0.4, 0.5) is 4.39 Å². The van der Waals surface area contributed by atoms with Gasteiger partial charge < -0.3 is 20.3 Å². The van der Waals surface area contributed by atoms with Crippen molar-refractivity contribution < 1.29 is 18.7 Å². The maximum absolute atomic E-state index is 14.5. The monoisotopic (exact) mass is 374 g/mol. The summed E-state index contributed by atoms with van der Waals surface area (Å²) in [4.78, 5) is 26.0. The molecule has 2 aliphatic heterocycles. The summed E-state index contributed by atoms with van der Waals surface area (Å²) in [5, 5.41) is 15.1. The van der Waals surface area contributed by atoms with Crippen LogP contribution in [0.25, 0.3) is 0 Å². The van der Waals surface area contributed by atoms with Crippen molar-refractivity contribution in [1.82, 2.24) is 15.5 Å². The van der Waals surface area contributed by atoms with Crippen LogP contribution in [0.1, 0.15) is 27.9 Å². The first-order valence-corrected chi connectivity index (χ1v) is 9.08. The number of benzene rings is 1. The van der Waals surface area contributed by atoms with Crippen LogP contribution in [0.15, 0.2) is 12.1 Å². The second-order valence-corrected chi connectivity index (χ2v) is 6.89. The summed E-state index contributed by atoms with van der Waals surface area (Å²) >= 11 is 0. The number of carbonyl (C=O) groups excluding carboxylic acids is 2. The van der Waals surface area contributed by atoms with Crippen LogP contribution < -0.4 is 10.6 Å². The summed E-state index contributed by atoms with van der Waals surface area (Å²) in [6.45, 7) is 2.21.